The van der Waals surface area contributed by atoms with Gasteiger partial charge in [-0.25, -0.2) is 5.84 Å². The third kappa shape index (κ3) is 2.76. The Morgan fingerprint density at radius 2 is 1.86 bits per heavy atom. The summed E-state index contributed by atoms with van der Waals surface area (Å²) in [6.45, 7) is 1.59. The molecule has 0 saturated heterocycles. The fourth-order valence-electron chi connectivity index (χ4n) is 2.94. The molecular weight excluding hydrogens is 262 g/mol. The number of hydrazine groups is 1. The van der Waals surface area contributed by atoms with E-state index in [1.165, 1.54) is 11.3 Å². The number of hydrogen-bond acceptors (Lipinski definition) is 3. The molecule has 4 nitrogen and oxygen atoms in total. The number of carbonyl (C=O) groups is 1. The average molecular weight is 281 g/mol. The highest BCUT2D eigenvalue weighted by molar-refractivity contribution is 5.84. The van der Waals surface area contributed by atoms with Crippen LogP contribution < -0.4 is 16.2 Å². The molecule has 0 fully saturated rings. The normalized spacial score (nSPS) is 14.6. The Morgan fingerprint density at radius 1 is 1.14 bits per heavy atom. The topological polar surface area (TPSA) is 58.4 Å². The van der Waals surface area contributed by atoms with Crippen LogP contribution in [0, 0.1) is 0 Å². The summed E-state index contributed by atoms with van der Waals surface area (Å²) >= 11 is 0. The number of benzene rings is 2. The molecular formula is C17H19N3O. The summed E-state index contributed by atoms with van der Waals surface area (Å²) in [5, 5.41) is 0. The summed E-state index contributed by atoms with van der Waals surface area (Å²) in [6.07, 6.45) is 1.03. The van der Waals surface area contributed by atoms with Gasteiger partial charge in [0.25, 0.3) is 0 Å². The molecule has 2 aromatic rings. The van der Waals surface area contributed by atoms with Crippen molar-refractivity contribution in [3.05, 3.63) is 65.7 Å². The maximum atomic E-state index is 12.1. The van der Waals surface area contributed by atoms with Crippen molar-refractivity contribution >= 4 is 11.6 Å². The standard InChI is InChI=1S/C17H19N3O/c18-19-17(21)15(13-6-2-1-3-7-13)12-20-11-10-14-8-4-5-9-16(14)20/h1-9,15H,10-12,18H2,(H,19,21). The third-order valence-corrected chi connectivity index (χ3v) is 4.05. The molecule has 3 N–H and O–H groups in total. The summed E-state index contributed by atoms with van der Waals surface area (Å²) < 4.78 is 0. The number of amides is 1. The van der Waals surface area contributed by atoms with Crippen LogP contribution in [0.1, 0.15) is 17.0 Å². The number of para-hydroxylation sites is 1. The Morgan fingerprint density at radius 3 is 2.62 bits per heavy atom. The molecule has 2 aromatic carbocycles. The number of nitrogens with two attached hydrogens (primary N) is 1. The number of rotatable bonds is 4. The minimum atomic E-state index is -0.262. The monoisotopic (exact) mass is 281 g/mol. The third-order valence-electron chi connectivity index (χ3n) is 4.05. The van der Waals surface area contributed by atoms with Crippen molar-refractivity contribution in [2.75, 3.05) is 18.0 Å². The fraction of sp³-hybridized carbons (Fsp3) is 0.235. The van der Waals surface area contributed by atoms with Crippen LogP contribution in [-0.4, -0.2) is 19.0 Å². The van der Waals surface area contributed by atoms with Gasteiger partial charge in [-0.15, -0.1) is 0 Å². The average Bonchev–Trinajstić information content (AvgIpc) is 2.96. The molecule has 0 aliphatic carbocycles. The zero-order valence-corrected chi connectivity index (χ0v) is 11.8. The van der Waals surface area contributed by atoms with E-state index in [9.17, 15) is 4.79 Å². The van der Waals surface area contributed by atoms with Gasteiger partial charge in [0.1, 0.15) is 0 Å². The smallest absolute Gasteiger partial charge is 0.243 e. The van der Waals surface area contributed by atoms with Crippen molar-refractivity contribution in [2.45, 2.75) is 12.3 Å². The molecule has 1 atom stereocenters. The number of nitrogens with one attached hydrogen (secondary N) is 1. The van der Waals surface area contributed by atoms with Crippen LogP contribution in [-0.2, 0) is 11.2 Å². The quantitative estimate of drug-likeness (QED) is 0.510. The Kier molecular flexibility index (Phi) is 3.88. The van der Waals surface area contributed by atoms with Crippen molar-refractivity contribution in [1.82, 2.24) is 5.43 Å². The van der Waals surface area contributed by atoms with E-state index in [4.69, 9.17) is 5.84 Å². The highest BCUT2D eigenvalue weighted by Gasteiger charge is 2.26. The summed E-state index contributed by atoms with van der Waals surface area (Å²) in [4.78, 5) is 14.4. The number of anilines is 1. The number of nitrogens with zero attached hydrogens (tertiary/aromatic N) is 1. The van der Waals surface area contributed by atoms with Crippen LogP contribution in [0.3, 0.4) is 0 Å². The van der Waals surface area contributed by atoms with Gasteiger partial charge in [0.15, 0.2) is 0 Å². The second-order valence-corrected chi connectivity index (χ2v) is 5.30. The van der Waals surface area contributed by atoms with Gasteiger partial charge in [0, 0.05) is 18.8 Å². The lowest BCUT2D eigenvalue weighted by Gasteiger charge is -2.25. The second kappa shape index (κ2) is 5.97. The lowest BCUT2D eigenvalue weighted by Crippen LogP contribution is -2.40. The molecule has 0 bridgehead atoms. The molecule has 0 radical (unpaired) electrons. The first-order chi connectivity index (χ1) is 10.3. The van der Waals surface area contributed by atoms with Crippen LogP contribution in [0.15, 0.2) is 54.6 Å². The van der Waals surface area contributed by atoms with E-state index >= 15 is 0 Å². The zero-order chi connectivity index (χ0) is 14.7. The molecule has 1 heterocycles. The first-order valence-electron chi connectivity index (χ1n) is 7.18. The lowest BCUT2D eigenvalue weighted by molar-refractivity contribution is -0.122. The molecule has 3 rings (SSSR count). The van der Waals surface area contributed by atoms with Crippen molar-refractivity contribution in [3.63, 3.8) is 0 Å². The Balaban J connectivity index is 1.85. The van der Waals surface area contributed by atoms with Gasteiger partial charge < -0.3 is 4.90 Å². The van der Waals surface area contributed by atoms with Gasteiger partial charge in [0.2, 0.25) is 5.91 Å². The lowest BCUT2D eigenvalue weighted by atomic mass is 9.97. The molecule has 21 heavy (non-hydrogen) atoms. The highest BCUT2D eigenvalue weighted by atomic mass is 16.2. The largest absolute Gasteiger partial charge is 0.370 e. The van der Waals surface area contributed by atoms with E-state index in [0.717, 1.165) is 18.5 Å². The predicted molar refractivity (Wildman–Crippen MR) is 83.9 cm³/mol. The second-order valence-electron chi connectivity index (χ2n) is 5.30. The Hall–Kier alpha value is -2.33. The van der Waals surface area contributed by atoms with E-state index in [-0.39, 0.29) is 11.8 Å². The van der Waals surface area contributed by atoms with E-state index in [1.807, 2.05) is 36.4 Å². The van der Waals surface area contributed by atoms with Crippen molar-refractivity contribution < 1.29 is 4.79 Å². The highest BCUT2D eigenvalue weighted by Crippen LogP contribution is 2.30. The molecule has 0 aromatic heterocycles. The molecule has 1 aliphatic rings. The number of carbonyl (C=O) groups excluding carboxylic acids is 1. The summed E-state index contributed by atoms with van der Waals surface area (Å²) in [5.74, 6) is 4.95. The molecule has 1 aliphatic heterocycles. The molecule has 108 valence electrons. The maximum absolute atomic E-state index is 12.1. The van der Waals surface area contributed by atoms with Crippen molar-refractivity contribution in [1.29, 1.82) is 0 Å². The molecule has 0 spiro atoms. The summed E-state index contributed by atoms with van der Waals surface area (Å²) in [6, 6.07) is 18.2. The first kappa shape index (κ1) is 13.6. The van der Waals surface area contributed by atoms with Crippen molar-refractivity contribution in [2.24, 2.45) is 5.84 Å². The van der Waals surface area contributed by atoms with Gasteiger partial charge >= 0.3 is 0 Å². The number of fused-ring (bicyclic) bond motifs is 1. The van der Waals surface area contributed by atoms with E-state index < -0.39 is 0 Å². The van der Waals surface area contributed by atoms with Crippen LogP contribution >= 0.6 is 0 Å². The molecule has 1 amide bonds. The predicted octanol–water partition coefficient (Wildman–Crippen LogP) is 1.82. The molecule has 1 unspecified atom stereocenters. The van der Waals surface area contributed by atoms with Gasteiger partial charge in [0.05, 0.1) is 5.92 Å². The minimum Gasteiger partial charge on any atom is -0.370 e. The van der Waals surface area contributed by atoms with Crippen LogP contribution in [0.25, 0.3) is 0 Å². The Bertz CT molecular complexity index is 627. The zero-order valence-electron chi connectivity index (χ0n) is 11.8. The molecule has 4 heteroatoms. The maximum Gasteiger partial charge on any atom is 0.243 e. The van der Waals surface area contributed by atoms with Crippen molar-refractivity contribution in [3.8, 4) is 0 Å². The Labute approximate surface area is 124 Å². The van der Waals surface area contributed by atoms with Crippen LogP contribution in [0.4, 0.5) is 5.69 Å². The number of hydrogen-bond donors (Lipinski definition) is 2. The molecule has 0 saturated carbocycles. The van der Waals surface area contributed by atoms with Gasteiger partial charge in [-0.05, 0) is 23.6 Å². The summed E-state index contributed by atoms with van der Waals surface area (Å²) in [5.41, 5.74) is 5.86. The van der Waals surface area contributed by atoms with Crippen LogP contribution in [0.5, 0.6) is 0 Å². The van der Waals surface area contributed by atoms with Gasteiger partial charge in [-0.2, -0.15) is 0 Å². The minimum absolute atomic E-state index is 0.148. The van der Waals surface area contributed by atoms with Gasteiger partial charge in [-0.1, -0.05) is 48.5 Å². The van der Waals surface area contributed by atoms with E-state index in [2.05, 4.69) is 28.5 Å². The van der Waals surface area contributed by atoms with E-state index in [1.54, 1.807) is 0 Å². The van der Waals surface area contributed by atoms with Gasteiger partial charge in [-0.3, -0.25) is 10.2 Å². The fourth-order valence-corrected chi connectivity index (χ4v) is 2.94. The first-order valence-corrected chi connectivity index (χ1v) is 7.18. The van der Waals surface area contributed by atoms with E-state index in [0.29, 0.717) is 6.54 Å². The van der Waals surface area contributed by atoms with Crippen LogP contribution in [0.2, 0.25) is 0 Å². The summed E-state index contributed by atoms with van der Waals surface area (Å²) in [7, 11) is 0. The SMILES string of the molecule is NNC(=O)C(CN1CCc2ccccc21)c1ccccc1.